The standard InChI is InChI=1S/C21H23N5O/c1-4-22-20-19-17(26(25-20)21-23-13(2)10-14(3)24-21)11-16(12-18(19)27)15-8-6-5-7-9-15/h5-10,16H,4,11-12H2,1-3H3,(H,22,25). The van der Waals surface area contributed by atoms with Crippen LogP contribution < -0.4 is 5.32 Å². The molecule has 27 heavy (non-hydrogen) atoms. The van der Waals surface area contributed by atoms with Crippen molar-refractivity contribution in [3.05, 3.63) is 64.6 Å². The van der Waals surface area contributed by atoms with Crippen LogP contribution in [-0.4, -0.2) is 32.1 Å². The van der Waals surface area contributed by atoms with E-state index in [9.17, 15) is 4.79 Å². The fraction of sp³-hybridized carbons (Fsp3) is 0.333. The van der Waals surface area contributed by atoms with E-state index in [1.165, 1.54) is 5.56 Å². The van der Waals surface area contributed by atoms with Crippen molar-refractivity contribution in [1.82, 2.24) is 19.7 Å². The quantitative estimate of drug-likeness (QED) is 0.768. The number of rotatable bonds is 4. The molecule has 1 aliphatic carbocycles. The van der Waals surface area contributed by atoms with Gasteiger partial charge in [-0.2, -0.15) is 0 Å². The average molecular weight is 361 g/mol. The van der Waals surface area contributed by atoms with Gasteiger partial charge in [-0.15, -0.1) is 5.10 Å². The Morgan fingerprint density at radius 1 is 1.11 bits per heavy atom. The Labute approximate surface area is 158 Å². The van der Waals surface area contributed by atoms with E-state index in [0.29, 0.717) is 30.3 Å². The minimum absolute atomic E-state index is 0.122. The first-order chi connectivity index (χ1) is 13.1. The van der Waals surface area contributed by atoms with Crippen LogP contribution in [0.2, 0.25) is 0 Å². The summed E-state index contributed by atoms with van der Waals surface area (Å²) in [6.07, 6.45) is 1.23. The summed E-state index contributed by atoms with van der Waals surface area (Å²) in [5, 5.41) is 7.90. The second-order valence-corrected chi connectivity index (χ2v) is 7.00. The van der Waals surface area contributed by atoms with Gasteiger partial charge in [0.15, 0.2) is 11.6 Å². The molecular formula is C21H23N5O. The number of nitrogens with one attached hydrogen (secondary N) is 1. The van der Waals surface area contributed by atoms with Gasteiger partial charge in [0.25, 0.3) is 5.95 Å². The molecule has 0 saturated carbocycles. The topological polar surface area (TPSA) is 72.7 Å². The summed E-state index contributed by atoms with van der Waals surface area (Å²) in [4.78, 5) is 22.1. The van der Waals surface area contributed by atoms with Gasteiger partial charge in [-0.05, 0) is 44.7 Å². The molecule has 0 aliphatic heterocycles. The van der Waals surface area contributed by atoms with Crippen LogP contribution in [0.5, 0.6) is 0 Å². The number of nitrogens with zero attached hydrogens (tertiary/aromatic N) is 4. The molecule has 1 unspecified atom stereocenters. The van der Waals surface area contributed by atoms with Crippen molar-refractivity contribution in [2.24, 2.45) is 0 Å². The fourth-order valence-corrected chi connectivity index (χ4v) is 3.79. The van der Waals surface area contributed by atoms with Crippen molar-refractivity contribution in [2.75, 3.05) is 11.9 Å². The third-order valence-corrected chi connectivity index (χ3v) is 4.91. The maximum Gasteiger partial charge on any atom is 0.251 e. The van der Waals surface area contributed by atoms with Crippen molar-refractivity contribution >= 4 is 11.6 Å². The molecule has 1 atom stereocenters. The van der Waals surface area contributed by atoms with E-state index in [1.807, 2.05) is 45.0 Å². The Kier molecular flexibility index (Phi) is 4.48. The van der Waals surface area contributed by atoms with E-state index in [1.54, 1.807) is 4.68 Å². The summed E-state index contributed by atoms with van der Waals surface area (Å²) >= 11 is 0. The normalized spacial score (nSPS) is 16.3. The molecule has 0 saturated heterocycles. The molecule has 138 valence electrons. The van der Waals surface area contributed by atoms with E-state index < -0.39 is 0 Å². The summed E-state index contributed by atoms with van der Waals surface area (Å²) in [5.74, 6) is 1.42. The van der Waals surface area contributed by atoms with Gasteiger partial charge in [0, 0.05) is 24.4 Å². The molecule has 4 rings (SSSR count). The molecule has 0 spiro atoms. The zero-order valence-corrected chi connectivity index (χ0v) is 15.9. The number of carbonyl (C=O) groups excluding carboxylic acids is 1. The lowest BCUT2D eigenvalue weighted by Gasteiger charge is -2.23. The van der Waals surface area contributed by atoms with Crippen molar-refractivity contribution in [3.8, 4) is 5.95 Å². The number of fused-ring (bicyclic) bond motifs is 1. The Hall–Kier alpha value is -3.02. The fourth-order valence-electron chi connectivity index (χ4n) is 3.79. The largest absolute Gasteiger partial charge is 0.368 e. The number of aryl methyl sites for hydroxylation is 2. The number of anilines is 1. The molecule has 0 bridgehead atoms. The minimum atomic E-state index is 0.122. The monoisotopic (exact) mass is 361 g/mol. The first-order valence-electron chi connectivity index (χ1n) is 9.33. The van der Waals surface area contributed by atoms with E-state index in [-0.39, 0.29) is 11.7 Å². The first kappa shape index (κ1) is 17.4. The van der Waals surface area contributed by atoms with Crippen LogP contribution in [0.25, 0.3) is 5.95 Å². The number of Topliss-reactive ketones (excluding diaryl/α,β-unsaturated/α-hetero) is 1. The Morgan fingerprint density at radius 3 is 2.48 bits per heavy atom. The molecule has 2 aromatic heterocycles. The van der Waals surface area contributed by atoms with E-state index in [4.69, 9.17) is 0 Å². The molecule has 3 aromatic rings. The van der Waals surface area contributed by atoms with Crippen molar-refractivity contribution in [1.29, 1.82) is 0 Å². The van der Waals surface area contributed by atoms with Crippen LogP contribution in [0.4, 0.5) is 5.82 Å². The summed E-state index contributed by atoms with van der Waals surface area (Å²) in [6.45, 7) is 6.58. The highest BCUT2D eigenvalue weighted by molar-refractivity contribution is 6.03. The highest BCUT2D eigenvalue weighted by atomic mass is 16.1. The molecule has 0 radical (unpaired) electrons. The molecule has 1 N–H and O–H groups in total. The maximum absolute atomic E-state index is 13.0. The number of benzene rings is 1. The molecule has 1 aliphatic rings. The Bertz CT molecular complexity index is 973. The molecule has 0 fully saturated rings. The third kappa shape index (κ3) is 3.23. The van der Waals surface area contributed by atoms with E-state index in [0.717, 1.165) is 23.5 Å². The molecule has 6 nitrogen and oxygen atoms in total. The van der Waals surface area contributed by atoms with Gasteiger partial charge in [0.2, 0.25) is 0 Å². The number of carbonyl (C=O) groups is 1. The predicted molar refractivity (Wildman–Crippen MR) is 105 cm³/mol. The Balaban J connectivity index is 1.85. The van der Waals surface area contributed by atoms with Crippen LogP contribution in [0.15, 0.2) is 36.4 Å². The smallest absolute Gasteiger partial charge is 0.251 e. The van der Waals surface area contributed by atoms with Crippen molar-refractivity contribution < 1.29 is 4.79 Å². The molecule has 0 amide bonds. The van der Waals surface area contributed by atoms with Gasteiger partial charge in [0.1, 0.15) is 0 Å². The Morgan fingerprint density at radius 2 is 1.81 bits per heavy atom. The zero-order valence-electron chi connectivity index (χ0n) is 15.9. The van der Waals surface area contributed by atoms with Gasteiger partial charge in [-0.1, -0.05) is 30.3 Å². The second kappa shape index (κ2) is 6.95. The summed E-state index contributed by atoms with van der Waals surface area (Å²) in [7, 11) is 0. The molecule has 1 aromatic carbocycles. The lowest BCUT2D eigenvalue weighted by Crippen LogP contribution is -2.21. The summed E-state index contributed by atoms with van der Waals surface area (Å²) in [5.41, 5.74) is 4.52. The lowest BCUT2D eigenvalue weighted by molar-refractivity contribution is 0.0964. The molecular weight excluding hydrogens is 338 g/mol. The van der Waals surface area contributed by atoms with Gasteiger partial charge < -0.3 is 5.32 Å². The lowest BCUT2D eigenvalue weighted by atomic mass is 9.82. The predicted octanol–water partition coefficient (Wildman–Crippen LogP) is 3.62. The average Bonchev–Trinajstić information content (AvgIpc) is 3.01. The number of hydrogen-bond donors (Lipinski definition) is 1. The van der Waals surface area contributed by atoms with Gasteiger partial charge in [-0.3, -0.25) is 4.79 Å². The highest BCUT2D eigenvalue weighted by Crippen LogP contribution is 2.36. The van der Waals surface area contributed by atoms with E-state index in [2.05, 4.69) is 32.5 Å². The summed E-state index contributed by atoms with van der Waals surface area (Å²) < 4.78 is 1.75. The molecule has 2 heterocycles. The zero-order chi connectivity index (χ0) is 19.0. The van der Waals surface area contributed by atoms with E-state index >= 15 is 0 Å². The number of ketones is 1. The summed E-state index contributed by atoms with van der Waals surface area (Å²) in [6, 6.07) is 12.1. The maximum atomic E-state index is 13.0. The minimum Gasteiger partial charge on any atom is -0.368 e. The van der Waals surface area contributed by atoms with Crippen LogP contribution in [0.1, 0.15) is 52.3 Å². The highest BCUT2D eigenvalue weighted by Gasteiger charge is 2.33. The second-order valence-electron chi connectivity index (χ2n) is 7.00. The van der Waals surface area contributed by atoms with Crippen LogP contribution in [-0.2, 0) is 6.42 Å². The van der Waals surface area contributed by atoms with Crippen molar-refractivity contribution in [3.63, 3.8) is 0 Å². The number of aromatic nitrogens is 4. The SMILES string of the molecule is CCNc1nn(-c2nc(C)cc(C)n2)c2c1C(=O)CC(c1ccccc1)C2. The van der Waals surface area contributed by atoms with Gasteiger partial charge in [-0.25, -0.2) is 14.6 Å². The van der Waals surface area contributed by atoms with Crippen LogP contribution >= 0.6 is 0 Å². The number of hydrogen-bond acceptors (Lipinski definition) is 5. The van der Waals surface area contributed by atoms with Gasteiger partial charge in [0.05, 0.1) is 11.3 Å². The van der Waals surface area contributed by atoms with Crippen molar-refractivity contribution in [2.45, 2.75) is 39.5 Å². The molecule has 6 heteroatoms. The van der Waals surface area contributed by atoms with Gasteiger partial charge >= 0.3 is 0 Å². The van der Waals surface area contributed by atoms with Crippen LogP contribution in [0.3, 0.4) is 0 Å². The van der Waals surface area contributed by atoms with Crippen LogP contribution in [0, 0.1) is 13.8 Å². The first-order valence-corrected chi connectivity index (χ1v) is 9.33. The third-order valence-electron chi connectivity index (χ3n) is 4.91.